The molecule has 0 aliphatic carbocycles. The summed E-state index contributed by atoms with van der Waals surface area (Å²) < 4.78 is 7.82. The Kier molecular flexibility index (Phi) is 4.88. The lowest BCUT2D eigenvalue weighted by molar-refractivity contribution is -0.137. The summed E-state index contributed by atoms with van der Waals surface area (Å²) >= 11 is 0. The van der Waals surface area contributed by atoms with E-state index in [0.29, 0.717) is 37.6 Å². The molecule has 0 radical (unpaired) electrons. The van der Waals surface area contributed by atoms with Crippen LogP contribution >= 0.6 is 0 Å². The summed E-state index contributed by atoms with van der Waals surface area (Å²) in [6.45, 7) is 2.27. The lowest BCUT2D eigenvalue weighted by Crippen LogP contribution is -2.45. The summed E-state index contributed by atoms with van der Waals surface area (Å²) in [6, 6.07) is 13.5. The van der Waals surface area contributed by atoms with E-state index in [1.165, 1.54) is 0 Å². The van der Waals surface area contributed by atoms with E-state index in [-0.39, 0.29) is 24.7 Å². The third-order valence-electron chi connectivity index (χ3n) is 6.96. The average molecular weight is 462 g/mol. The van der Waals surface area contributed by atoms with Crippen LogP contribution in [0, 0.1) is 0 Å². The molecule has 0 bridgehead atoms. The van der Waals surface area contributed by atoms with Gasteiger partial charge < -0.3 is 35.3 Å². The van der Waals surface area contributed by atoms with E-state index in [9.17, 15) is 14.7 Å². The molecule has 0 spiro atoms. The molecule has 9 heteroatoms. The number of para-hydroxylation sites is 1. The Morgan fingerprint density at radius 3 is 2.85 bits per heavy atom. The second-order valence-electron chi connectivity index (χ2n) is 9.22. The van der Waals surface area contributed by atoms with Gasteiger partial charge in [-0.2, -0.15) is 0 Å². The molecular weight excluding hydrogens is 434 g/mol. The maximum atomic E-state index is 13.3. The molecule has 176 valence electrons. The van der Waals surface area contributed by atoms with Gasteiger partial charge in [0, 0.05) is 35.6 Å². The number of anilines is 2. The minimum atomic E-state index is -0.895. The molecule has 2 atom stereocenters. The molecule has 0 saturated carbocycles. The van der Waals surface area contributed by atoms with Crippen molar-refractivity contribution < 1.29 is 19.4 Å². The maximum absolute atomic E-state index is 13.3. The third kappa shape index (κ3) is 3.35. The van der Waals surface area contributed by atoms with Gasteiger partial charge in [0.05, 0.1) is 17.9 Å². The van der Waals surface area contributed by atoms with E-state index in [2.05, 4.69) is 10.2 Å². The zero-order valence-corrected chi connectivity index (χ0v) is 18.7. The van der Waals surface area contributed by atoms with Gasteiger partial charge in [0.15, 0.2) is 0 Å². The van der Waals surface area contributed by atoms with Gasteiger partial charge in [-0.25, -0.2) is 0 Å². The highest BCUT2D eigenvalue weighted by Crippen LogP contribution is 2.50. The Bertz CT molecular complexity index is 1300. The summed E-state index contributed by atoms with van der Waals surface area (Å²) in [5, 5.41) is 14.1. The highest BCUT2D eigenvalue weighted by Gasteiger charge is 2.38. The number of nitrogens with zero attached hydrogens (tertiary/aromatic N) is 3. The number of piperidine rings is 1. The molecule has 3 aliphatic rings. The van der Waals surface area contributed by atoms with Crippen molar-refractivity contribution >= 4 is 34.2 Å². The van der Waals surface area contributed by atoms with Crippen molar-refractivity contribution in [3.63, 3.8) is 0 Å². The van der Waals surface area contributed by atoms with Crippen LogP contribution in [0.4, 0.5) is 11.4 Å². The first-order valence-electron chi connectivity index (χ1n) is 11.7. The minimum absolute atomic E-state index is 0.0101. The minimum Gasteiger partial charge on any atom is -0.489 e. The molecule has 2 aromatic carbocycles. The Hall–Kier alpha value is -3.72. The highest BCUT2D eigenvalue weighted by molar-refractivity contribution is 5.99. The predicted octanol–water partition coefficient (Wildman–Crippen LogP) is 2.61. The van der Waals surface area contributed by atoms with Crippen LogP contribution < -0.4 is 20.7 Å². The van der Waals surface area contributed by atoms with Crippen molar-refractivity contribution in [2.75, 3.05) is 36.5 Å². The standard InChI is InChI=1S/C25H27N5O4/c26-17-5-3-7-28(13-17)25(33)16-10-18-23-21(12-16)34-9-8-29(23)24(27-18)20-11-15-4-1-2-6-19(15)30(20)14-22(31)32/h1-2,4,6,10-12,17,24,27H,3,5,7-9,13-14,26H2,(H,31,32)/t17?,24-/m1/s1. The summed E-state index contributed by atoms with van der Waals surface area (Å²) in [5.41, 5.74) is 10.1. The summed E-state index contributed by atoms with van der Waals surface area (Å²) in [5.74, 6) is -0.266. The van der Waals surface area contributed by atoms with Gasteiger partial charge in [-0.05, 0) is 37.1 Å². The number of aromatic nitrogens is 1. The summed E-state index contributed by atoms with van der Waals surface area (Å²) in [6.07, 6.45) is 1.58. The Morgan fingerprint density at radius 1 is 1.18 bits per heavy atom. The second-order valence-corrected chi connectivity index (χ2v) is 9.22. The zero-order valence-electron chi connectivity index (χ0n) is 18.7. The fourth-order valence-corrected chi connectivity index (χ4v) is 5.48. The number of ether oxygens (including phenoxy) is 1. The smallest absolute Gasteiger partial charge is 0.323 e. The molecule has 1 aromatic heterocycles. The first-order chi connectivity index (χ1) is 16.5. The van der Waals surface area contributed by atoms with E-state index in [4.69, 9.17) is 10.5 Å². The Labute approximate surface area is 196 Å². The van der Waals surface area contributed by atoms with Gasteiger partial charge in [-0.1, -0.05) is 18.2 Å². The number of aliphatic carboxylic acids is 1. The van der Waals surface area contributed by atoms with Crippen molar-refractivity contribution in [2.24, 2.45) is 5.73 Å². The fourth-order valence-electron chi connectivity index (χ4n) is 5.48. The number of likely N-dealkylation sites (tertiary alicyclic amines) is 1. The molecular formula is C25H27N5O4. The van der Waals surface area contributed by atoms with Crippen LogP contribution in [0.5, 0.6) is 5.75 Å². The summed E-state index contributed by atoms with van der Waals surface area (Å²) in [7, 11) is 0. The number of carboxylic acid groups (broad SMARTS) is 1. The third-order valence-corrected chi connectivity index (χ3v) is 6.96. The normalized spacial score (nSPS) is 21.2. The molecule has 1 fully saturated rings. The number of benzene rings is 2. The molecule has 3 aliphatic heterocycles. The van der Waals surface area contributed by atoms with Crippen LogP contribution in [0.15, 0.2) is 42.5 Å². The van der Waals surface area contributed by atoms with E-state index >= 15 is 0 Å². The highest BCUT2D eigenvalue weighted by atomic mass is 16.5. The van der Waals surface area contributed by atoms with Gasteiger partial charge in [0.1, 0.15) is 30.8 Å². The largest absolute Gasteiger partial charge is 0.489 e. The lowest BCUT2D eigenvalue weighted by Gasteiger charge is -2.32. The number of carbonyl (C=O) groups is 2. The van der Waals surface area contributed by atoms with Crippen molar-refractivity contribution in [3.8, 4) is 5.75 Å². The fraction of sp³-hybridized carbons (Fsp3) is 0.360. The van der Waals surface area contributed by atoms with Gasteiger partial charge in [-0.3, -0.25) is 9.59 Å². The van der Waals surface area contributed by atoms with Crippen molar-refractivity contribution in [3.05, 3.63) is 53.7 Å². The monoisotopic (exact) mass is 461 g/mol. The van der Waals surface area contributed by atoms with Crippen LogP contribution in [0.3, 0.4) is 0 Å². The molecule has 9 nitrogen and oxygen atoms in total. The van der Waals surface area contributed by atoms with Crippen LogP contribution in [0.2, 0.25) is 0 Å². The maximum Gasteiger partial charge on any atom is 0.323 e. The summed E-state index contributed by atoms with van der Waals surface area (Å²) in [4.78, 5) is 29.0. The quantitative estimate of drug-likeness (QED) is 0.547. The van der Waals surface area contributed by atoms with E-state index < -0.39 is 5.97 Å². The van der Waals surface area contributed by atoms with Crippen molar-refractivity contribution in [2.45, 2.75) is 31.6 Å². The Morgan fingerprint density at radius 2 is 2.03 bits per heavy atom. The second kappa shape index (κ2) is 7.95. The predicted molar refractivity (Wildman–Crippen MR) is 128 cm³/mol. The molecule has 4 heterocycles. The molecule has 34 heavy (non-hydrogen) atoms. The first-order valence-corrected chi connectivity index (χ1v) is 11.7. The Balaban J connectivity index is 1.39. The number of hydrogen-bond donors (Lipinski definition) is 3. The number of carboxylic acids is 1. The van der Waals surface area contributed by atoms with Gasteiger partial charge in [0.25, 0.3) is 5.91 Å². The number of nitrogens with two attached hydrogens (primary N) is 1. The van der Waals surface area contributed by atoms with Gasteiger partial charge in [0.2, 0.25) is 0 Å². The molecule has 1 saturated heterocycles. The number of hydrogen-bond acceptors (Lipinski definition) is 6. The number of amides is 1. The molecule has 1 amide bonds. The number of fused-ring (bicyclic) bond motifs is 1. The number of rotatable bonds is 4. The van der Waals surface area contributed by atoms with Crippen LogP contribution in [-0.4, -0.2) is 58.7 Å². The topological polar surface area (TPSA) is 113 Å². The van der Waals surface area contributed by atoms with Crippen LogP contribution in [0.25, 0.3) is 10.9 Å². The average Bonchev–Trinajstić information content (AvgIpc) is 3.38. The molecule has 6 rings (SSSR count). The van der Waals surface area contributed by atoms with Gasteiger partial charge >= 0.3 is 5.97 Å². The van der Waals surface area contributed by atoms with Crippen LogP contribution in [-0.2, 0) is 11.3 Å². The molecule has 1 unspecified atom stereocenters. The van der Waals surface area contributed by atoms with E-state index in [0.717, 1.165) is 40.8 Å². The lowest BCUT2D eigenvalue weighted by atomic mass is 10.0. The number of nitrogens with one attached hydrogen (secondary N) is 1. The van der Waals surface area contributed by atoms with Gasteiger partial charge in [-0.15, -0.1) is 0 Å². The SMILES string of the molecule is NC1CCCN(C(=O)c2cc3c4c(c2)OCCN4[C@H](c2cc4ccccc4n2CC(=O)O)N3)C1. The molecule has 3 aromatic rings. The van der Waals surface area contributed by atoms with E-state index in [1.54, 1.807) is 0 Å². The van der Waals surface area contributed by atoms with Crippen molar-refractivity contribution in [1.82, 2.24) is 9.47 Å². The first kappa shape index (κ1) is 20.9. The van der Waals surface area contributed by atoms with Crippen LogP contribution in [0.1, 0.15) is 35.1 Å². The zero-order chi connectivity index (χ0) is 23.4. The van der Waals surface area contributed by atoms with E-state index in [1.807, 2.05) is 51.9 Å². The van der Waals surface area contributed by atoms with Crippen molar-refractivity contribution in [1.29, 1.82) is 0 Å². The number of carbonyl (C=O) groups excluding carboxylic acids is 1. The molecule has 4 N–H and O–H groups in total.